The molecule has 6 aromatic carbocycles. The first-order chi connectivity index (χ1) is 23.3. The Morgan fingerprint density at radius 3 is 2.15 bits per heavy atom. The molecule has 0 saturated heterocycles. The molecule has 2 heteroatoms. The third kappa shape index (κ3) is 2.39. The number of benzene rings is 6. The summed E-state index contributed by atoms with van der Waals surface area (Å²) < 4.78 is 8.96. The number of furan rings is 1. The van der Waals surface area contributed by atoms with Gasteiger partial charge < -0.3 is 8.98 Å². The summed E-state index contributed by atoms with van der Waals surface area (Å²) in [6, 6.07) is 47.7. The van der Waals surface area contributed by atoms with Crippen LogP contribution in [0.15, 0.2) is 132 Å². The van der Waals surface area contributed by atoms with E-state index >= 15 is 0 Å². The fourth-order valence-electron chi connectivity index (χ4n) is 12.6. The zero-order chi connectivity index (χ0) is 30.2. The van der Waals surface area contributed by atoms with Gasteiger partial charge in [-0.3, -0.25) is 0 Å². The molecule has 2 spiro atoms. The third-order valence-electron chi connectivity index (χ3n) is 14.1. The second-order valence-electron chi connectivity index (χ2n) is 15.2. The van der Waals surface area contributed by atoms with Gasteiger partial charge in [-0.05, 0) is 112 Å². The van der Waals surface area contributed by atoms with Crippen LogP contribution in [-0.4, -0.2) is 4.57 Å². The van der Waals surface area contributed by atoms with E-state index in [0.717, 1.165) is 51.3 Å². The molecule has 5 aliphatic rings. The van der Waals surface area contributed by atoms with Crippen LogP contribution < -0.4 is 0 Å². The van der Waals surface area contributed by atoms with Crippen molar-refractivity contribution in [1.29, 1.82) is 0 Å². The van der Waals surface area contributed by atoms with E-state index in [-0.39, 0.29) is 5.41 Å². The number of fused-ring (bicyclic) bond motifs is 13. The standard InChI is InChI=1S/C45H31NO/c1-4-14-34-32(11-1)42-28(12-7-15-35(42)45(34)40-23-26-22-27-24-41(45)44(26,27)40)25-19-20-37-33(21-25)29-9-2-5-16-36(29)46(37)38-17-8-13-31-30-10-3-6-18-39(30)47-43(31)38/h1-21,26-27,40-41H,22-24H2. The Kier molecular flexibility index (Phi) is 3.96. The smallest absolute Gasteiger partial charge is 0.159 e. The summed E-state index contributed by atoms with van der Waals surface area (Å²) in [6.45, 7) is 0. The van der Waals surface area contributed by atoms with Gasteiger partial charge >= 0.3 is 0 Å². The Morgan fingerprint density at radius 2 is 1.26 bits per heavy atom. The topological polar surface area (TPSA) is 18.1 Å². The molecule has 0 radical (unpaired) electrons. The molecular formula is C45H31NO. The maximum atomic E-state index is 6.55. The number of rotatable bonds is 2. The molecule has 4 fully saturated rings. The molecule has 0 bridgehead atoms. The summed E-state index contributed by atoms with van der Waals surface area (Å²) in [7, 11) is 0. The molecule has 0 amide bonds. The van der Waals surface area contributed by atoms with Crippen LogP contribution in [0.25, 0.3) is 71.7 Å². The van der Waals surface area contributed by atoms with Crippen LogP contribution in [0, 0.1) is 29.1 Å². The molecule has 0 N–H and O–H groups in total. The molecule has 222 valence electrons. The summed E-state index contributed by atoms with van der Waals surface area (Å²) in [6.07, 6.45) is 4.39. The lowest BCUT2D eigenvalue weighted by Crippen LogP contribution is -2.88. The Morgan fingerprint density at radius 1 is 0.553 bits per heavy atom. The van der Waals surface area contributed by atoms with E-state index in [1.807, 2.05) is 0 Å². The molecule has 4 atom stereocenters. The lowest BCUT2D eigenvalue weighted by molar-refractivity contribution is -0.412. The van der Waals surface area contributed by atoms with Crippen LogP contribution in [0.3, 0.4) is 0 Å². The van der Waals surface area contributed by atoms with E-state index in [1.54, 1.807) is 11.1 Å². The van der Waals surface area contributed by atoms with Crippen LogP contribution in [0.2, 0.25) is 0 Å². The van der Waals surface area contributed by atoms with Crippen molar-refractivity contribution in [1.82, 2.24) is 4.57 Å². The fraction of sp³-hybridized carbons (Fsp3) is 0.200. The van der Waals surface area contributed by atoms with Gasteiger partial charge in [0.05, 0.1) is 16.7 Å². The maximum absolute atomic E-state index is 6.55. The molecule has 8 aromatic rings. The highest BCUT2D eigenvalue weighted by Gasteiger charge is 2.90. The quantitative estimate of drug-likeness (QED) is 0.193. The van der Waals surface area contributed by atoms with Gasteiger partial charge in [-0.1, -0.05) is 97.1 Å². The molecule has 2 heterocycles. The first kappa shape index (κ1) is 24.1. The van der Waals surface area contributed by atoms with Gasteiger partial charge in [0.25, 0.3) is 0 Å². The van der Waals surface area contributed by atoms with E-state index < -0.39 is 0 Å². The number of hydrogen-bond acceptors (Lipinski definition) is 1. The van der Waals surface area contributed by atoms with Gasteiger partial charge in [0.1, 0.15) is 5.58 Å². The average molecular weight is 602 g/mol. The molecule has 13 rings (SSSR count). The predicted molar refractivity (Wildman–Crippen MR) is 190 cm³/mol. The highest BCUT2D eigenvalue weighted by atomic mass is 16.3. The van der Waals surface area contributed by atoms with Crippen LogP contribution in [-0.2, 0) is 5.41 Å². The van der Waals surface area contributed by atoms with Crippen molar-refractivity contribution >= 4 is 43.7 Å². The molecular weight excluding hydrogens is 571 g/mol. The van der Waals surface area contributed by atoms with Crippen molar-refractivity contribution in [2.24, 2.45) is 29.1 Å². The third-order valence-corrected chi connectivity index (χ3v) is 14.1. The number of nitrogens with zero attached hydrogens (tertiary/aromatic N) is 1. The lowest BCUT2D eigenvalue weighted by atomic mass is 9.11. The minimum Gasteiger partial charge on any atom is -0.454 e. The molecule has 2 nitrogen and oxygen atoms in total. The molecule has 4 unspecified atom stereocenters. The van der Waals surface area contributed by atoms with Crippen LogP contribution >= 0.6 is 0 Å². The highest BCUT2D eigenvalue weighted by Crippen LogP contribution is 2.94. The van der Waals surface area contributed by atoms with Crippen molar-refractivity contribution < 1.29 is 4.42 Å². The highest BCUT2D eigenvalue weighted by molar-refractivity contribution is 6.13. The first-order valence-electron chi connectivity index (χ1n) is 17.5. The summed E-state index contributed by atoms with van der Waals surface area (Å²) in [4.78, 5) is 0. The maximum Gasteiger partial charge on any atom is 0.159 e. The lowest BCUT2D eigenvalue weighted by Gasteiger charge is -2.92. The number of para-hydroxylation sites is 3. The van der Waals surface area contributed by atoms with E-state index in [1.165, 1.54) is 63.3 Å². The van der Waals surface area contributed by atoms with Crippen molar-refractivity contribution in [3.63, 3.8) is 0 Å². The SMILES string of the molecule is c1ccc2c(c1)-c1c(-c3ccc4c(c3)c3ccccc3n4-c3cccc4c3oc3ccccc34)cccc1C21C2CC3CC4CC1C342. The van der Waals surface area contributed by atoms with Crippen molar-refractivity contribution in [2.45, 2.75) is 24.7 Å². The van der Waals surface area contributed by atoms with Gasteiger partial charge in [-0.25, -0.2) is 0 Å². The first-order valence-corrected chi connectivity index (χ1v) is 17.5. The summed E-state index contributed by atoms with van der Waals surface area (Å²) >= 11 is 0. The van der Waals surface area contributed by atoms with E-state index in [4.69, 9.17) is 4.42 Å². The normalized spacial score (nSPS) is 28.8. The Bertz CT molecular complexity index is 2700. The number of aromatic nitrogens is 1. The summed E-state index contributed by atoms with van der Waals surface area (Å²) in [5, 5.41) is 4.87. The van der Waals surface area contributed by atoms with Gasteiger partial charge in [0.15, 0.2) is 5.58 Å². The zero-order valence-electron chi connectivity index (χ0n) is 25.9. The van der Waals surface area contributed by atoms with Gasteiger partial charge in [-0.2, -0.15) is 0 Å². The number of hydrogen-bond donors (Lipinski definition) is 0. The summed E-state index contributed by atoms with van der Waals surface area (Å²) in [5.41, 5.74) is 15.2. The van der Waals surface area contributed by atoms with Crippen molar-refractivity contribution in [3.8, 4) is 27.9 Å². The molecule has 4 saturated carbocycles. The van der Waals surface area contributed by atoms with E-state index in [0.29, 0.717) is 5.41 Å². The average Bonchev–Trinajstić information content (AvgIpc) is 3.73. The summed E-state index contributed by atoms with van der Waals surface area (Å²) in [5.74, 6) is 3.73. The monoisotopic (exact) mass is 601 g/mol. The van der Waals surface area contributed by atoms with E-state index in [9.17, 15) is 0 Å². The van der Waals surface area contributed by atoms with Crippen LogP contribution in [0.1, 0.15) is 30.4 Å². The molecule has 0 aliphatic heterocycles. The Hall–Kier alpha value is -5.08. The zero-order valence-corrected chi connectivity index (χ0v) is 25.9. The van der Waals surface area contributed by atoms with Gasteiger partial charge in [-0.15, -0.1) is 0 Å². The minimum atomic E-state index is 0.237. The second-order valence-corrected chi connectivity index (χ2v) is 15.2. The fourth-order valence-corrected chi connectivity index (χ4v) is 12.6. The minimum absolute atomic E-state index is 0.237. The molecule has 2 aromatic heterocycles. The molecule has 47 heavy (non-hydrogen) atoms. The van der Waals surface area contributed by atoms with E-state index in [2.05, 4.69) is 132 Å². The van der Waals surface area contributed by atoms with Gasteiger partial charge in [0.2, 0.25) is 0 Å². The van der Waals surface area contributed by atoms with Crippen molar-refractivity contribution in [3.05, 3.63) is 139 Å². The Balaban J connectivity index is 1.05. The Labute approximate surface area is 272 Å². The second kappa shape index (κ2) is 7.72. The van der Waals surface area contributed by atoms with Crippen LogP contribution in [0.4, 0.5) is 0 Å². The molecule has 5 aliphatic carbocycles. The predicted octanol–water partition coefficient (Wildman–Crippen LogP) is 11.3. The van der Waals surface area contributed by atoms with Crippen molar-refractivity contribution in [2.75, 3.05) is 0 Å². The van der Waals surface area contributed by atoms with Gasteiger partial charge in [0, 0.05) is 27.0 Å². The largest absolute Gasteiger partial charge is 0.454 e. The van der Waals surface area contributed by atoms with Crippen LogP contribution in [0.5, 0.6) is 0 Å².